The second-order valence-corrected chi connectivity index (χ2v) is 6.48. The Morgan fingerprint density at radius 2 is 2.33 bits per heavy atom. The maximum atomic E-state index is 8.98. The first kappa shape index (κ1) is 16.5. The van der Waals surface area contributed by atoms with Crippen molar-refractivity contribution in [3.63, 3.8) is 0 Å². The molecule has 3 aromatic rings. The second-order valence-electron chi connectivity index (χ2n) is 5.48. The highest BCUT2D eigenvalue weighted by molar-refractivity contribution is 7.19. The number of rotatable bonds is 7. The van der Waals surface area contributed by atoms with Gasteiger partial charge in [0.25, 0.3) is 0 Å². The van der Waals surface area contributed by atoms with Crippen LogP contribution in [0.15, 0.2) is 40.6 Å². The molecule has 0 saturated carbocycles. The zero-order chi connectivity index (χ0) is 16.9. The Kier molecular flexibility index (Phi) is 5.12. The molecule has 7 heteroatoms. The van der Waals surface area contributed by atoms with E-state index in [2.05, 4.69) is 15.4 Å². The van der Waals surface area contributed by atoms with Gasteiger partial charge >= 0.3 is 0 Å². The molecule has 3 rings (SSSR count). The fourth-order valence-electron chi connectivity index (χ4n) is 2.30. The van der Waals surface area contributed by atoms with Gasteiger partial charge in [0.15, 0.2) is 5.13 Å². The van der Waals surface area contributed by atoms with E-state index in [1.165, 1.54) is 0 Å². The number of aliphatic hydroxyl groups is 1. The topological polar surface area (TPSA) is 76.1 Å². The summed E-state index contributed by atoms with van der Waals surface area (Å²) in [7, 11) is 0. The fourth-order valence-corrected chi connectivity index (χ4v) is 3.23. The van der Waals surface area contributed by atoms with Crippen LogP contribution in [-0.2, 0) is 6.54 Å². The van der Waals surface area contributed by atoms with E-state index in [1.807, 2.05) is 44.3 Å². The van der Waals surface area contributed by atoms with Gasteiger partial charge in [-0.2, -0.15) is 5.10 Å². The lowest BCUT2D eigenvalue weighted by atomic mass is 10.2. The lowest BCUT2D eigenvalue weighted by Crippen LogP contribution is -2.02. The second kappa shape index (κ2) is 7.46. The number of anilines is 1. The number of nitrogens with zero attached hydrogens (tertiary/aromatic N) is 3. The Balaban J connectivity index is 1.67. The summed E-state index contributed by atoms with van der Waals surface area (Å²) in [6.07, 6.45) is 5.54. The van der Waals surface area contributed by atoms with Gasteiger partial charge in [-0.1, -0.05) is 16.9 Å². The summed E-state index contributed by atoms with van der Waals surface area (Å²) < 4.78 is 7.05. The summed E-state index contributed by atoms with van der Waals surface area (Å²) in [6.45, 7) is 5.31. The predicted molar refractivity (Wildman–Crippen MR) is 96.0 cm³/mol. The highest BCUT2D eigenvalue weighted by atomic mass is 32.1. The molecule has 0 amide bonds. The third kappa shape index (κ3) is 3.93. The minimum absolute atomic E-state index is 0.0802. The molecule has 2 N–H and O–H groups in total. The van der Waals surface area contributed by atoms with E-state index in [-0.39, 0.29) is 6.61 Å². The summed E-state index contributed by atoms with van der Waals surface area (Å²) in [6, 6.07) is 5.75. The van der Waals surface area contributed by atoms with Crippen molar-refractivity contribution in [1.29, 1.82) is 0 Å². The van der Waals surface area contributed by atoms with Crippen LogP contribution in [0.3, 0.4) is 0 Å². The van der Waals surface area contributed by atoms with E-state index in [9.17, 15) is 0 Å². The highest BCUT2D eigenvalue weighted by Crippen LogP contribution is 2.31. The van der Waals surface area contributed by atoms with E-state index < -0.39 is 0 Å². The normalized spacial score (nSPS) is 11.9. The first-order valence-electron chi connectivity index (χ1n) is 7.72. The Morgan fingerprint density at radius 1 is 1.46 bits per heavy atom. The number of hydrogen-bond donors (Lipinski definition) is 2. The molecule has 0 aromatic carbocycles. The van der Waals surface area contributed by atoms with Gasteiger partial charge in [-0.15, -0.1) is 0 Å². The molecule has 0 radical (unpaired) electrons. The van der Waals surface area contributed by atoms with Crippen LogP contribution in [0.25, 0.3) is 16.6 Å². The molecule has 6 nitrogen and oxygen atoms in total. The van der Waals surface area contributed by atoms with Gasteiger partial charge in [0.05, 0.1) is 30.0 Å². The molecule has 0 saturated heterocycles. The van der Waals surface area contributed by atoms with E-state index in [1.54, 1.807) is 22.3 Å². The zero-order valence-electron chi connectivity index (χ0n) is 13.7. The molecule has 3 heterocycles. The minimum atomic E-state index is 0.0802. The largest absolute Gasteiger partial charge is 0.465 e. The maximum Gasteiger partial charge on any atom is 0.183 e. The highest BCUT2D eigenvalue weighted by Gasteiger charge is 2.12. The van der Waals surface area contributed by atoms with Gasteiger partial charge in [-0.05, 0) is 38.1 Å². The summed E-state index contributed by atoms with van der Waals surface area (Å²) in [5, 5.41) is 17.7. The molecule has 0 aliphatic heterocycles. The van der Waals surface area contributed by atoms with Crippen molar-refractivity contribution in [3.8, 4) is 10.6 Å². The zero-order valence-corrected chi connectivity index (χ0v) is 14.5. The number of nitrogens with one attached hydrogen (secondary N) is 1. The predicted octanol–water partition coefficient (Wildman–Crippen LogP) is 3.42. The number of aromatic nitrogens is 3. The summed E-state index contributed by atoms with van der Waals surface area (Å²) >= 11 is 1.58. The molecule has 3 aromatic heterocycles. The molecule has 0 aliphatic carbocycles. The van der Waals surface area contributed by atoms with Crippen LogP contribution in [0.4, 0.5) is 5.13 Å². The number of aliphatic hydroxyl groups excluding tert-OH is 1. The SMILES string of the molecule is C/C(=C\c1ccco1)CNc1nc(C)c(-c2ccn(CCO)n2)s1. The number of thiazole rings is 1. The quantitative estimate of drug-likeness (QED) is 0.687. The number of furan rings is 1. The van der Waals surface area contributed by atoms with Crippen molar-refractivity contribution >= 4 is 22.5 Å². The van der Waals surface area contributed by atoms with Crippen LogP contribution < -0.4 is 5.32 Å². The van der Waals surface area contributed by atoms with Crippen molar-refractivity contribution < 1.29 is 9.52 Å². The summed E-state index contributed by atoms with van der Waals surface area (Å²) in [4.78, 5) is 5.61. The Labute approximate surface area is 144 Å². The molecular formula is C17H20N4O2S. The van der Waals surface area contributed by atoms with E-state index in [4.69, 9.17) is 9.52 Å². The van der Waals surface area contributed by atoms with Crippen molar-refractivity contribution in [3.05, 3.63) is 47.7 Å². The Hall–Kier alpha value is -2.38. The van der Waals surface area contributed by atoms with Crippen LogP contribution in [0, 0.1) is 6.92 Å². The monoisotopic (exact) mass is 344 g/mol. The molecule has 0 bridgehead atoms. The van der Waals surface area contributed by atoms with E-state index >= 15 is 0 Å². The van der Waals surface area contributed by atoms with Gasteiger partial charge in [-0.25, -0.2) is 4.98 Å². The number of aryl methyl sites for hydroxylation is 1. The fraction of sp³-hybridized carbons (Fsp3) is 0.294. The average molecular weight is 344 g/mol. The first-order valence-corrected chi connectivity index (χ1v) is 8.54. The van der Waals surface area contributed by atoms with Crippen LogP contribution in [-0.4, -0.2) is 33.0 Å². The minimum Gasteiger partial charge on any atom is -0.465 e. The maximum absolute atomic E-state index is 8.98. The van der Waals surface area contributed by atoms with Gasteiger partial charge in [0, 0.05) is 12.7 Å². The molecule has 0 unspecified atom stereocenters. The van der Waals surface area contributed by atoms with Crippen LogP contribution in [0.1, 0.15) is 18.4 Å². The van der Waals surface area contributed by atoms with Crippen molar-refractivity contribution in [2.24, 2.45) is 0 Å². The average Bonchev–Trinajstić information content (AvgIpc) is 3.27. The van der Waals surface area contributed by atoms with Gasteiger partial charge < -0.3 is 14.8 Å². The van der Waals surface area contributed by atoms with Crippen LogP contribution >= 0.6 is 11.3 Å². The van der Waals surface area contributed by atoms with Crippen LogP contribution in [0.5, 0.6) is 0 Å². The number of hydrogen-bond acceptors (Lipinski definition) is 6. The van der Waals surface area contributed by atoms with Gasteiger partial charge in [0.1, 0.15) is 11.5 Å². The van der Waals surface area contributed by atoms with Gasteiger partial charge in [-0.3, -0.25) is 4.68 Å². The first-order chi connectivity index (χ1) is 11.7. The van der Waals surface area contributed by atoms with E-state index in [0.29, 0.717) is 13.1 Å². The Morgan fingerprint density at radius 3 is 3.08 bits per heavy atom. The molecule has 126 valence electrons. The smallest absolute Gasteiger partial charge is 0.183 e. The lowest BCUT2D eigenvalue weighted by molar-refractivity contribution is 0.269. The molecule has 24 heavy (non-hydrogen) atoms. The van der Waals surface area contributed by atoms with Gasteiger partial charge in [0.2, 0.25) is 0 Å². The molecule has 0 spiro atoms. The Bertz CT molecular complexity index is 818. The van der Waals surface area contributed by atoms with Crippen molar-refractivity contribution in [1.82, 2.24) is 14.8 Å². The third-order valence-corrected chi connectivity index (χ3v) is 4.59. The molecular weight excluding hydrogens is 324 g/mol. The van der Waals surface area contributed by atoms with Crippen molar-refractivity contribution in [2.45, 2.75) is 20.4 Å². The van der Waals surface area contributed by atoms with Crippen molar-refractivity contribution in [2.75, 3.05) is 18.5 Å². The van der Waals surface area contributed by atoms with Crippen LogP contribution in [0.2, 0.25) is 0 Å². The molecule has 0 atom stereocenters. The molecule has 0 aliphatic rings. The van der Waals surface area contributed by atoms with E-state index in [0.717, 1.165) is 32.7 Å². The third-order valence-electron chi connectivity index (χ3n) is 3.45. The molecule has 0 fully saturated rings. The summed E-state index contributed by atoms with van der Waals surface area (Å²) in [5.74, 6) is 0.847. The lowest BCUT2D eigenvalue weighted by Gasteiger charge is -2.02. The standard InChI is InChI=1S/C17H20N4O2S/c1-12(10-14-4-3-9-23-14)11-18-17-19-13(2)16(24-17)15-5-6-21(20-15)7-8-22/h3-6,9-10,22H,7-8,11H2,1-2H3,(H,18,19)/b12-10+. The summed E-state index contributed by atoms with van der Waals surface area (Å²) in [5.41, 5.74) is 2.99.